The lowest BCUT2D eigenvalue weighted by molar-refractivity contribution is -0.150. The average Bonchev–Trinajstić information content (AvgIpc) is 2.97. The minimum Gasteiger partial charge on any atom is -0.456 e. The Morgan fingerprint density at radius 2 is 1.64 bits per heavy atom. The summed E-state index contributed by atoms with van der Waals surface area (Å²) in [5, 5.41) is 2.96. The van der Waals surface area contributed by atoms with Crippen molar-refractivity contribution in [3.63, 3.8) is 0 Å². The van der Waals surface area contributed by atoms with Crippen molar-refractivity contribution >= 4 is 39.4 Å². The summed E-state index contributed by atoms with van der Waals surface area (Å²) < 4.78 is 38.0. The molecule has 3 aromatic rings. The molecule has 2 amide bonds. The molecule has 0 aliphatic heterocycles. The number of hydrogen-bond donors (Lipinski definition) is 1. The molecule has 0 bridgehead atoms. The Morgan fingerprint density at radius 3 is 2.25 bits per heavy atom. The van der Waals surface area contributed by atoms with Gasteiger partial charge in [-0.1, -0.05) is 48.9 Å². The number of sulfone groups is 1. The van der Waals surface area contributed by atoms with Gasteiger partial charge in [0.15, 0.2) is 0 Å². The topological polar surface area (TPSA) is 119 Å². The van der Waals surface area contributed by atoms with E-state index in [0.717, 1.165) is 5.56 Å². The molecule has 0 saturated heterocycles. The van der Waals surface area contributed by atoms with E-state index in [0.29, 0.717) is 23.4 Å². The predicted octanol–water partition coefficient (Wildman–Crippen LogP) is 6.40. The van der Waals surface area contributed by atoms with Crippen molar-refractivity contribution in [2.24, 2.45) is 0 Å². The summed E-state index contributed by atoms with van der Waals surface area (Å²) in [6, 6.07) is 19.1. The van der Waals surface area contributed by atoms with Gasteiger partial charge in [0.2, 0.25) is 9.84 Å². The van der Waals surface area contributed by atoms with E-state index in [4.69, 9.17) is 21.1 Å². The van der Waals surface area contributed by atoms with Gasteiger partial charge in [-0.2, -0.15) is 0 Å². The van der Waals surface area contributed by atoms with E-state index >= 15 is 0 Å². The van der Waals surface area contributed by atoms with Gasteiger partial charge in [-0.15, -0.1) is 0 Å². The molecule has 1 atom stereocenters. The first kappa shape index (κ1) is 34.6. The average molecular weight is 643 g/mol. The minimum absolute atomic E-state index is 0.00660. The molecule has 0 heterocycles. The maximum atomic E-state index is 13.3. The van der Waals surface area contributed by atoms with Crippen LogP contribution in [0.5, 0.6) is 0 Å². The molecule has 1 N–H and O–H groups in total. The SMILES string of the molecule is CCCC(=O)OC(CN(CCc1ccc(S(=O)(=O)c2cccc(C(=O)NC)c2)cc1)C(=O)OC(C)(C)C)c1cccc(Cl)c1. The zero-order valence-electron chi connectivity index (χ0n) is 25.6. The molecule has 0 radical (unpaired) electrons. The number of hydrogen-bond acceptors (Lipinski definition) is 7. The molecule has 0 spiro atoms. The summed E-state index contributed by atoms with van der Waals surface area (Å²) in [7, 11) is -2.40. The van der Waals surface area contributed by atoms with Gasteiger partial charge in [0.1, 0.15) is 11.7 Å². The van der Waals surface area contributed by atoms with Gasteiger partial charge in [0.25, 0.3) is 5.91 Å². The molecule has 0 saturated carbocycles. The monoisotopic (exact) mass is 642 g/mol. The van der Waals surface area contributed by atoms with Crippen LogP contribution in [-0.2, 0) is 30.5 Å². The van der Waals surface area contributed by atoms with E-state index in [2.05, 4.69) is 5.32 Å². The molecule has 11 heteroatoms. The molecular formula is C33H39ClN2O7S. The van der Waals surface area contributed by atoms with E-state index in [1.807, 2.05) is 6.92 Å². The van der Waals surface area contributed by atoms with Crippen LogP contribution in [0.15, 0.2) is 82.6 Å². The number of esters is 1. The number of nitrogens with one attached hydrogen (secondary N) is 1. The van der Waals surface area contributed by atoms with Crippen LogP contribution in [0, 0.1) is 0 Å². The third kappa shape index (κ3) is 9.82. The van der Waals surface area contributed by atoms with Crippen molar-refractivity contribution in [3.05, 3.63) is 94.5 Å². The van der Waals surface area contributed by atoms with Gasteiger partial charge in [-0.05, 0) is 87.2 Å². The molecule has 3 rings (SSSR count). The zero-order chi connectivity index (χ0) is 32.5. The van der Waals surface area contributed by atoms with Crippen LogP contribution in [-0.4, -0.2) is 57.0 Å². The van der Waals surface area contributed by atoms with Crippen molar-refractivity contribution < 1.29 is 32.3 Å². The van der Waals surface area contributed by atoms with Gasteiger partial charge < -0.3 is 19.7 Å². The molecule has 0 aliphatic carbocycles. The van der Waals surface area contributed by atoms with Gasteiger partial charge in [0.05, 0.1) is 16.3 Å². The zero-order valence-corrected chi connectivity index (χ0v) is 27.2. The smallest absolute Gasteiger partial charge is 0.410 e. The molecular weight excluding hydrogens is 604 g/mol. The van der Waals surface area contributed by atoms with E-state index in [1.54, 1.807) is 63.2 Å². The molecule has 9 nitrogen and oxygen atoms in total. The maximum Gasteiger partial charge on any atom is 0.410 e. The van der Waals surface area contributed by atoms with Crippen molar-refractivity contribution in [3.8, 4) is 0 Å². The molecule has 0 aromatic heterocycles. The molecule has 3 aromatic carbocycles. The number of carbonyl (C=O) groups excluding carboxylic acids is 3. The summed E-state index contributed by atoms with van der Waals surface area (Å²) in [5.74, 6) is -0.774. The highest BCUT2D eigenvalue weighted by atomic mass is 35.5. The fourth-order valence-electron chi connectivity index (χ4n) is 4.31. The van der Waals surface area contributed by atoms with Gasteiger partial charge >= 0.3 is 12.1 Å². The Labute approximate surface area is 264 Å². The Bertz CT molecular complexity index is 1570. The highest BCUT2D eigenvalue weighted by Crippen LogP contribution is 2.26. The van der Waals surface area contributed by atoms with Gasteiger partial charge in [0, 0.05) is 30.6 Å². The number of rotatable bonds is 12. The Balaban J connectivity index is 1.83. The summed E-state index contributed by atoms with van der Waals surface area (Å²) >= 11 is 6.22. The van der Waals surface area contributed by atoms with Crippen LogP contribution >= 0.6 is 11.6 Å². The second-order valence-electron chi connectivity index (χ2n) is 11.2. The number of benzene rings is 3. The molecule has 0 aliphatic rings. The normalized spacial score (nSPS) is 12.2. The van der Waals surface area contributed by atoms with Crippen LogP contribution in [0.25, 0.3) is 0 Å². The lowest BCUT2D eigenvalue weighted by Crippen LogP contribution is -2.41. The first-order valence-electron chi connectivity index (χ1n) is 14.3. The molecule has 0 fully saturated rings. The highest BCUT2D eigenvalue weighted by molar-refractivity contribution is 7.91. The van der Waals surface area contributed by atoms with E-state index in [-0.39, 0.29) is 46.7 Å². The molecule has 1 unspecified atom stereocenters. The van der Waals surface area contributed by atoms with Crippen molar-refractivity contribution in [2.75, 3.05) is 20.1 Å². The standard InChI is InChI=1S/C33H39ClN2O7S/c1-6-9-30(37)42-29(24-10-7-12-26(34)20-24)22-36(32(39)43-33(2,3)4)19-18-23-14-16-27(17-15-23)44(40,41)28-13-8-11-25(21-28)31(38)35-5/h7-8,10-17,20-21,29H,6,9,18-19,22H2,1-5H3,(H,35,38). The predicted molar refractivity (Wildman–Crippen MR) is 168 cm³/mol. The van der Waals surface area contributed by atoms with Crippen molar-refractivity contribution in [1.29, 1.82) is 0 Å². The number of amides is 2. The van der Waals surface area contributed by atoms with Crippen LogP contribution in [0.4, 0.5) is 4.79 Å². The Kier molecular flexibility index (Phi) is 12.0. The summed E-state index contributed by atoms with van der Waals surface area (Å²) in [6.45, 7) is 7.41. The minimum atomic E-state index is -3.88. The first-order chi connectivity index (χ1) is 20.7. The van der Waals surface area contributed by atoms with Crippen LogP contribution in [0.3, 0.4) is 0 Å². The van der Waals surface area contributed by atoms with E-state index in [1.165, 1.54) is 42.3 Å². The number of nitrogens with zero attached hydrogens (tertiary/aromatic N) is 1. The lowest BCUT2D eigenvalue weighted by Gasteiger charge is -2.30. The van der Waals surface area contributed by atoms with Gasteiger partial charge in [-0.25, -0.2) is 13.2 Å². The molecule has 44 heavy (non-hydrogen) atoms. The first-order valence-corrected chi connectivity index (χ1v) is 16.2. The molecule has 236 valence electrons. The number of carbonyl (C=O) groups is 3. The van der Waals surface area contributed by atoms with Crippen molar-refractivity contribution in [1.82, 2.24) is 10.2 Å². The van der Waals surface area contributed by atoms with E-state index in [9.17, 15) is 22.8 Å². The Morgan fingerprint density at radius 1 is 0.955 bits per heavy atom. The quantitative estimate of drug-likeness (QED) is 0.227. The van der Waals surface area contributed by atoms with Gasteiger partial charge in [-0.3, -0.25) is 9.59 Å². The van der Waals surface area contributed by atoms with Crippen LogP contribution < -0.4 is 5.32 Å². The third-order valence-corrected chi connectivity index (χ3v) is 8.53. The second kappa shape index (κ2) is 15.2. The lowest BCUT2D eigenvalue weighted by atomic mass is 10.1. The largest absolute Gasteiger partial charge is 0.456 e. The van der Waals surface area contributed by atoms with Crippen molar-refractivity contribution in [2.45, 2.75) is 68.5 Å². The summed E-state index contributed by atoms with van der Waals surface area (Å²) in [4.78, 5) is 39.3. The highest BCUT2D eigenvalue weighted by Gasteiger charge is 2.28. The van der Waals surface area contributed by atoms with Crippen LogP contribution in [0.1, 0.15) is 68.1 Å². The summed E-state index contributed by atoms with van der Waals surface area (Å²) in [6.07, 6.45) is -0.141. The second-order valence-corrected chi connectivity index (χ2v) is 13.6. The fraction of sp³-hybridized carbons (Fsp3) is 0.364. The van der Waals surface area contributed by atoms with E-state index < -0.39 is 27.6 Å². The van der Waals surface area contributed by atoms with Crippen LogP contribution in [0.2, 0.25) is 5.02 Å². The maximum absolute atomic E-state index is 13.3. The fourth-order valence-corrected chi connectivity index (χ4v) is 5.81. The number of ether oxygens (including phenoxy) is 2. The summed E-state index contributed by atoms with van der Waals surface area (Å²) in [5.41, 5.74) is 0.901. The Hall–Kier alpha value is -3.89. The number of halogens is 1. The third-order valence-electron chi connectivity index (χ3n) is 6.52.